The van der Waals surface area contributed by atoms with Crippen molar-refractivity contribution in [1.82, 2.24) is 19.2 Å². The number of anilines is 1. The molecule has 6 nitrogen and oxygen atoms in total. The fraction of sp³-hybridized carbons (Fsp3) is 0.133. The van der Waals surface area contributed by atoms with Gasteiger partial charge in [-0.15, -0.1) is 0 Å². The third-order valence-corrected chi connectivity index (χ3v) is 7.21. The number of carbonyl (C=O) groups excluding carboxylic acids is 1. The van der Waals surface area contributed by atoms with Gasteiger partial charge in [0, 0.05) is 22.5 Å². The number of fused-ring (bicyclic) bond motifs is 3. The second-order valence-electron chi connectivity index (χ2n) is 9.41. The van der Waals surface area contributed by atoms with Crippen LogP contribution in [0, 0.1) is 19.7 Å². The van der Waals surface area contributed by atoms with Crippen molar-refractivity contribution in [2.24, 2.45) is 0 Å². The van der Waals surface area contributed by atoms with Crippen LogP contribution in [0.4, 0.5) is 14.9 Å². The Balaban J connectivity index is 1.52. The topological polar surface area (TPSA) is 55.1 Å². The van der Waals surface area contributed by atoms with E-state index in [4.69, 9.17) is 16.7 Å². The lowest BCUT2D eigenvalue weighted by Gasteiger charge is -2.31. The van der Waals surface area contributed by atoms with Crippen LogP contribution in [0.1, 0.15) is 34.1 Å². The highest BCUT2D eigenvalue weighted by atomic mass is 35.5. The zero-order valence-corrected chi connectivity index (χ0v) is 21.7. The third-order valence-electron chi connectivity index (χ3n) is 6.96. The van der Waals surface area contributed by atoms with Gasteiger partial charge in [0.2, 0.25) is 0 Å². The van der Waals surface area contributed by atoms with Crippen molar-refractivity contribution >= 4 is 23.3 Å². The quantitative estimate of drug-likeness (QED) is 0.270. The molecule has 2 aromatic heterocycles. The van der Waals surface area contributed by atoms with Crippen LogP contribution in [0.15, 0.2) is 91.1 Å². The fourth-order valence-corrected chi connectivity index (χ4v) is 5.14. The number of nitrogens with one attached hydrogen (secondary N) is 1. The molecule has 2 amide bonds. The van der Waals surface area contributed by atoms with Gasteiger partial charge < -0.3 is 14.8 Å². The van der Waals surface area contributed by atoms with Crippen molar-refractivity contribution in [2.75, 3.05) is 5.32 Å². The molecule has 6 rings (SSSR count). The van der Waals surface area contributed by atoms with E-state index < -0.39 is 6.04 Å². The highest BCUT2D eigenvalue weighted by Crippen LogP contribution is 2.39. The van der Waals surface area contributed by atoms with Gasteiger partial charge in [0.1, 0.15) is 11.6 Å². The van der Waals surface area contributed by atoms with E-state index in [0.717, 1.165) is 34.0 Å². The van der Waals surface area contributed by atoms with Crippen LogP contribution in [0.2, 0.25) is 5.02 Å². The Morgan fingerprint density at radius 2 is 1.76 bits per heavy atom. The maximum absolute atomic E-state index is 14.3. The smallest absolute Gasteiger partial charge is 0.308 e. The van der Waals surface area contributed by atoms with Gasteiger partial charge >= 0.3 is 6.03 Å². The second kappa shape index (κ2) is 9.50. The summed E-state index contributed by atoms with van der Waals surface area (Å²) < 4.78 is 18.3. The van der Waals surface area contributed by atoms with E-state index in [2.05, 4.69) is 9.88 Å². The summed E-state index contributed by atoms with van der Waals surface area (Å²) in [6.45, 7) is 3.94. The van der Waals surface area contributed by atoms with E-state index in [1.165, 1.54) is 6.07 Å². The molecule has 0 bridgehead atoms. The summed E-state index contributed by atoms with van der Waals surface area (Å²) in [4.78, 5) is 15.7. The number of aryl methyl sites for hydroxylation is 2. The van der Waals surface area contributed by atoms with Crippen LogP contribution < -0.4 is 5.32 Å². The first-order chi connectivity index (χ1) is 18.4. The summed E-state index contributed by atoms with van der Waals surface area (Å²) >= 11 is 6.22. The van der Waals surface area contributed by atoms with Gasteiger partial charge in [0.25, 0.3) is 0 Å². The van der Waals surface area contributed by atoms with Gasteiger partial charge in [0.05, 0.1) is 29.7 Å². The maximum atomic E-state index is 14.3. The van der Waals surface area contributed by atoms with E-state index in [0.29, 0.717) is 22.8 Å². The average Bonchev–Trinajstić information content (AvgIpc) is 3.48. The summed E-state index contributed by atoms with van der Waals surface area (Å²) in [5, 5.41) is 8.39. The summed E-state index contributed by atoms with van der Waals surface area (Å²) in [6.07, 6.45) is 1.99. The summed E-state index contributed by atoms with van der Waals surface area (Å²) in [5.41, 5.74) is 5.38. The lowest BCUT2D eigenvalue weighted by atomic mass is 10.0. The predicted molar refractivity (Wildman–Crippen MR) is 147 cm³/mol. The van der Waals surface area contributed by atoms with Crippen molar-refractivity contribution in [3.8, 4) is 11.5 Å². The first-order valence-corrected chi connectivity index (χ1v) is 12.7. The molecule has 1 aliphatic heterocycles. The Morgan fingerprint density at radius 1 is 1.00 bits per heavy atom. The van der Waals surface area contributed by atoms with E-state index in [1.807, 2.05) is 84.5 Å². The minimum atomic E-state index is -0.436. The first-order valence-electron chi connectivity index (χ1n) is 12.3. The van der Waals surface area contributed by atoms with E-state index in [-0.39, 0.29) is 11.8 Å². The Labute approximate surface area is 224 Å². The number of para-hydroxylation sites is 1. The SMILES string of the molecule is Cc1ccc(NC(=O)N2Cc3c(C)nn(-c4ccccc4)c3-n3cccc3[C@H]2c2ccc(Cl)cc2)cc1F. The minimum absolute atomic E-state index is 0.295. The number of halogens is 2. The zero-order chi connectivity index (χ0) is 26.4. The van der Waals surface area contributed by atoms with Crippen LogP contribution in [0.3, 0.4) is 0 Å². The molecule has 38 heavy (non-hydrogen) atoms. The highest BCUT2D eigenvalue weighted by Gasteiger charge is 2.36. The minimum Gasteiger partial charge on any atom is -0.308 e. The molecule has 5 aromatic rings. The molecule has 1 N–H and O–H groups in total. The number of nitrogens with zero attached hydrogens (tertiary/aromatic N) is 4. The molecule has 0 fully saturated rings. The van der Waals surface area contributed by atoms with Gasteiger partial charge in [-0.3, -0.25) is 0 Å². The van der Waals surface area contributed by atoms with Gasteiger partial charge in [-0.25, -0.2) is 13.9 Å². The normalized spacial score (nSPS) is 14.5. The van der Waals surface area contributed by atoms with Crippen molar-refractivity contribution < 1.29 is 9.18 Å². The Morgan fingerprint density at radius 3 is 2.50 bits per heavy atom. The molecular formula is C30H25ClFN5O. The third kappa shape index (κ3) is 4.15. The van der Waals surface area contributed by atoms with E-state index in [1.54, 1.807) is 24.0 Å². The summed E-state index contributed by atoms with van der Waals surface area (Å²) in [6, 6.07) is 25.3. The average molecular weight is 526 g/mol. The van der Waals surface area contributed by atoms with Gasteiger partial charge in [-0.05, 0) is 73.5 Å². The van der Waals surface area contributed by atoms with E-state index >= 15 is 0 Å². The number of hydrogen-bond donors (Lipinski definition) is 1. The van der Waals surface area contributed by atoms with Crippen LogP contribution in [0.25, 0.3) is 11.5 Å². The van der Waals surface area contributed by atoms with Crippen molar-refractivity contribution in [3.63, 3.8) is 0 Å². The molecule has 1 aliphatic rings. The zero-order valence-electron chi connectivity index (χ0n) is 20.9. The number of carbonyl (C=O) groups is 1. The maximum Gasteiger partial charge on any atom is 0.322 e. The molecular weight excluding hydrogens is 501 g/mol. The van der Waals surface area contributed by atoms with Crippen LogP contribution in [-0.4, -0.2) is 25.3 Å². The van der Waals surface area contributed by atoms with E-state index in [9.17, 15) is 9.18 Å². The Kier molecular flexibility index (Phi) is 6.00. The molecule has 0 saturated heterocycles. The standard InChI is InChI=1S/C30H25ClFN5O/c1-19-10-15-23(17-26(19)32)33-30(38)36-18-25-20(2)34-37(24-7-4-3-5-8-24)29(25)35-16-6-9-27(35)28(36)21-11-13-22(31)14-12-21/h3-17,28H,18H2,1-2H3,(H,33,38)/t28-/m1/s1. The number of amides is 2. The molecule has 0 spiro atoms. The largest absolute Gasteiger partial charge is 0.322 e. The molecule has 1 atom stereocenters. The molecule has 0 radical (unpaired) electrons. The monoisotopic (exact) mass is 525 g/mol. The summed E-state index contributed by atoms with van der Waals surface area (Å²) in [7, 11) is 0. The lowest BCUT2D eigenvalue weighted by molar-refractivity contribution is 0.194. The Hall–Kier alpha value is -4.36. The number of hydrogen-bond acceptors (Lipinski definition) is 2. The van der Waals surface area contributed by atoms with Crippen molar-refractivity contribution in [1.29, 1.82) is 0 Å². The first kappa shape index (κ1) is 24.0. The highest BCUT2D eigenvalue weighted by molar-refractivity contribution is 6.30. The lowest BCUT2D eigenvalue weighted by Crippen LogP contribution is -2.38. The fourth-order valence-electron chi connectivity index (χ4n) is 5.01. The molecule has 0 unspecified atom stereocenters. The number of benzene rings is 3. The van der Waals surface area contributed by atoms with Gasteiger partial charge in [-0.2, -0.15) is 5.10 Å². The van der Waals surface area contributed by atoms with Crippen LogP contribution in [-0.2, 0) is 6.54 Å². The number of aromatic nitrogens is 3. The molecule has 3 aromatic carbocycles. The second-order valence-corrected chi connectivity index (χ2v) is 9.85. The molecule has 0 aliphatic carbocycles. The van der Waals surface area contributed by atoms with Crippen LogP contribution in [0.5, 0.6) is 0 Å². The molecule has 3 heterocycles. The van der Waals surface area contributed by atoms with Crippen LogP contribution >= 0.6 is 11.6 Å². The van der Waals surface area contributed by atoms with Crippen molar-refractivity contribution in [2.45, 2.75) is 26.4 Å². The van der Waals surface area contributed by atoms with Gasteiger partial charge in [0.15, 0.2) is 0 Å². The van der Waals surface area contributed by atoms with Gasteiger partial charge in [-0.1, -0.05) is 48.0 Å². The summed E-state index contributed by atoms with van der Waals surface area (Å²) in [5.74, 6) is 0.508. The predicted octanol–water partition coefficient (Wildman–Crippen LogP) is 7.21. The van der Waals surface area contributed by atoms with Crippen molar-refractivity contribution in [3.05, 3.63) is 130 Å². The molecule has 0 saturated carbocycles. The molecule has 8 heteroatoms. The Bertz CT molecular complexity index is 1640. The number of urea groups is 1. The number of rotatable bonds is 3. The molecule has 190 valence electrons.